The highest BCUT2D eigenvalue weighted by molar-refractivity contribution is 8.00. The highest BCUT2D eigenvalue weighted by Crippen LogP contribution is 2.28. The number of para-hydroxylation sites is 1. The second-order valence-corrected chi connectivity index (χ2v) is 11.5. The molecule has 3 N–H and O–H groups in total. The molecule has 0 fully saturated rings. The fraction of sp³-hybridized carbons (Fsp3) is 0.0909. The zero-order valence-electron chi connectivity index (χ0n) is 23.4. The van der Waals surface area contributed by atoms with Gasteiger partial charge in [0.05, 0.1) is 23.1 Å². The van der Waals surface area contributed by atoms with Crippen molar-refractivity contribution >= 4 is 67.9 Å². The first kappa shape index (κ1) is 29.6. The van der Waals surface area contributed by atoms with Gasteiger partial charge in [-0.05, 0) is 67.1 Å². The van der Waals surface area contributed by atoms with Crippen LogP contribution in [0.25, 0.3) is 16.3 Å². The molecule has 0 atom stereocenters. The van der Waals surface area contributed by atoms with Gasteiger partial charge in [0.1, 0.15) is 11.4 Å². The van der Waals surface area contributed by atoms with Crippen molar-refractivity contribution in [2.24, 2.45) is 0 Å². The lowest BCUT2D eigenvalue weighted by molar-refractivity contribution is -0.114. The summed E-state index contributed by atoms with van der Waals surface area (Å²) in [4.78, 5) is 44.3. The molecule has 8 nitrogen and oxygen atoms in total. The van der Waals surface area contributed by atoms with Gasteiger partial charge in [-0.1, -0.05) is 59.9 Å². The van der Waals surface area contributed by atoms with Gasteiger partial charge in [-0.15, -0.1) is 11.8 Å². The van der Waals surface area contributed by atoms with Crippen LogP contribution in [0.4, 0.5) is 10.8 Å². The number of nitrogens with one attached hydrogen (secondary N) is 3. The lowest BCUT2D eigenvalue weighted by Crippen LogP contribution is -2.30. The minimum absolute atomic E-state index is 0.0433. The van der Waals surface area contributed by atoms with E-state index in [1.54, 1.807) is 60.7 Å². The van der Waals surface area contributed by atoms with Crippen LogP contribution in [0.5, 0.6) is 5.75 Å². The van der Waals surface area contributed by atoms with Gasteiger partial charge in [-0.25, -0.2) is 4.98 Å². The second kappa shape index (κ2) is 13.8. The number of ether oxygens (including phenoxy) is 1. The molecule has 0 unspecified atom stereocenters. The van der Waals surface area contributed by atoms with E-state index >= 15 is 0 Å². The van der Waals surface area contributed by atoms with Crippen LogP contribution >= 0.6 is 23.1 Å². The highest BCUT2D eigenvalue weighted by Gasteiger charge is 2.17. The summed E-state index contributed by atoms with van der Waals surface area (Å²) in [6.45, 7) is 2.02. The Kier molecular flexibility index (Phi) is 9.50. The van der Waals surface area contributed by atoms with Crippen molar-refractivity contribution in [3.8, 4) is 5.75 Å². The second-order valence-electron chi connectivity index (χ2n) is 9.43. The summed E-state index contributed by atoms with van der Waals surface area (Å²) >= 11 is 2.77. The summed E-state index contributed by atoms with van der Waals surface area (Å²) in [5, 5.41) is 9.02. The molecule has 0 bridgehead atoms. The first-order valence-electron chi connectivity index (χ1n) is 13.3. The Bertz CT molecular complexity index is 1820. The van der Waals surface area contributed by atoms with E-state index in [1.807, 2.05) is 49.4 Å². The molecule has 0 radical (unpaired) electrons. The number of fused-ring (bicyclic) bond motifs is 1. The number of aromatic nitrogens is 1. The van der Waals surface area contributed by atoms with Gasteiger partial charge in [-0.2, -0.15) is 0 Å². The van der Waals surface area contributed by atoms with Crippen LogP contribution in [-0.4, -0.2) is 35.6 Å². The maximum absolute atomic E-state index is 13.4. The SMILES string of the molecule is COc1ccccc1/C=C(/NC(=O)c1ccccc1)C(=O)Nc1cccc(SCC(=O)Nc2nc3ccc(C)cc3s2)c1. The van der Waals surface area contributed by atoms with Crippen molar-refractivity contribution in [3.63, 3.8) is 0 Å². The number of aryl methyl sites for hydroxylation is 1. The molecule has 5 rings (SSSR count). The number of benzene rings is 4. The number of amides is 3. The monoisotopic (exact) mass is 608 g/mol. The van der Waals surface area contributed by atoms with Crippen LogP contribution in [0.15, 0.2) is 108 Å². The van der Waals surface area contributed by atoms with Gasteiger partial charge >= 0.3 is 0 Å². The third kappa shape index (κ3) is 7.88. The van der Waals surface area contributed by atoms with Gasteiger partial charge in [0.25, 0.3) is 11.8 Å². The average molecular weight is 609 g/mol. The molecule has 5 aromatic rings. The molecule has 1 aromatic heterocycles. The number of nitrogens with zero attached hydrogens (tertiary/aromatic N) is 1. The third-order valence-corrected chi connectivity index (χ3v) is 8.15. The lowest BCUT2D eigenvalue weighted by atomic mass is 10.1. The van der Waals surface area contributed by atoms with Gasteiger partial charge in [0.2, 0.25) is 5.91 Å². The van der Waals surface area contributed by atoms with E-state index in [-0.39, 0.29) is 17.4 Å². The van der Waals surface area contributed by atoms with Crippen molar-refractivity contribution in [2.75, 3.05) is 23.5 Å². The number of thiazole rings is 1. The van der Waals surface area contributed by atoms with Gasteiger partial charge in [-0.3, -0.25) is 14.4 Å². The van der Waals surface area contributed by atoms with Gasteiger partial charge in [0, 0.05) is 21.7 Å². The molecule has 0 aliphatic heterocycles. The molecule has 1 heterocycles. The van der Waals surface area contributed by atoms with Gasteiger partial charge in [0.15, 0.2) is 5.13 Å². The van der Waals surface area contributed by atoms with Crippen molar-refractivity contribution < 1.29 is 19.1 Å². The quantitative estimate of drug-likeness (QED) is 0.120. The predicted molar refractivity (Wildman–Crippen MR) is 174 cm³/mol. The molecule has 216 valence electrons. The Balaban J connectivity index is 1.27. The topological polar surface area (TPSA) is 109 Å². The third-order valence-electron chi connectivity index (χ3n) is 6.22. The first-order chi connectivity index (χ1) is 20.9. The van der Waals surface area contributed by atoms with E-state index in [9.17, 15) is 14.4 Å². The summed E-state index contributed by atoms with van der Waals surface area (Å²) in [5.41, 5.74) is 3.58. The van der Waals surface area contributed by atoms with Crippen molar-refractivity contribution in [2.45, 2.75) is 11.8 Å². The van der Waals surface area contributed by atoms with Crippen LogP contribution in [0.1, 0.15) is 21.5 Å². The molecule has 0 saturated carbocycles. The molecular weight excluding hydrogens is 581 g/mol. The van der Waals surface area contributed by atoms with Crippen molar-refractivity contribution in [1.29, 1.82) is 0 Å². The molecule has 43 heavy (non-hydrogen) atoms. The van der Waals surface area contributed by atoms with Crippen LogP contribution < -0.4 is 20.7 Å². The first-order valence-corrected chi connectivity index (χ1v) is 15.1. The summed E-state index contributed by atoms with van der Waals surface area (Å²) in [7, 11) is 1.54. The van der Waals surface area contributed by atoms with E-state index in [1.165, 1.54) is 30.2 Å². The van der Waals surface area contributed by atoms with E-state index in [2.05, 4.69) is 20.9 Å². The number of rotatable bonds is 10. The van der Waals surface area contributed by atoms with Gasteiger partial charge < -0.3 is 20.7 Å². The number of carbonyl (C=O) groups is 3. The zero-order valence-corrected chi connectivity index (χ0v) is 25.1. The van der Waals surface area contributed by atoms with Crippen molar-refractivity contribution in [1.82, 2.24) is 10.3 Å². The fourth-order valence-electron chi connectivity index (χ4n) is 4.14. The Morgan fingerprint density at radius 2 is 1.70 bits per heavy atom. The Morgan fingerprint density at radius 1 is 0.907 bits per heavy atom. The van der Waals surface area contributed by atoms with Crippen LogP contribution in [0.2, 0.25) is 0 Å². The number of hydrogen-bond acceptors (Lipinski definition) is 7. The van der Waals surface area contributed by atoms with Crippen LogP contribution in [-0.2, 0) is 9.59 Å². The van der Waals surface area contributed by atoms with Crippen molar-refractivity contribution in [3.05, 3.63) is 119 Å². The molecular formula is C33H28N4O4S2. The highest BCUT2D eigenvalue weighted by atomic mass is 32.2. The molecule has 4 aromatic carbocycles. The van der Waals surface area contributed by atoms with E-state index in [0.29, 0.717) is 27.7 Å². The molecule has 3 amide bonds. The Hall–Kier alpha value is -4.93. The number of hydrogen-bond donors (Lipinski definition) is 3. The number of methoxy groups -OCH3 is 1. The summed E-state index contributed by atoms with van der Waals surface area (Å²) in [6.07, 6.45) is 1.57. The van der Waals surface area contributed by atoms with E-state index < -0.39 is 11.8 Å². The predicted octanol–water partition coefficient (Wildman–Crippen LogP) is 6.75. The molecule has 0 spiro atoms. The van der Waals surface area contributed by atoms with E-state index in [4.69, 9.17) is 4.74 Å². The number of thioether (sulfide) groups is 1. The van der Waals surface area contributed by atoms with E-state index in [0.717, 1.165) is 20.7 Å². The summed E-state index contributed by atoms with van der Waals surface area (Å²) in [6, 6.07) is 29.0. The number of carbonyl (C=O) groups excluding carboxylic acids is 3. The molecule has 0 aliphatic carbocycles. The lowest BCUT2D eigenvalue weighted by Gasteiger charge is -2.13. The minimum atomic E-state index is -0.513. The fourth-order valence-corrected chi connectivity index (χ4v) is 5.87. The summed E-state index contributed by atoms with van der Waals surface area (Å²) < 4.78 is 6.44. The molecule has 0 saturated heterocycles. The maximum Gasteiger partial charge on any atom is 0.272 e. The smallest absolute Gasteiger partial charge is 0.272 e. The largest absolute Gasteiger partial charge is 0.496 e. The Labute approximate surface area is 257 Å². The van der Waals surface area contributed by atoms with Crippen LogP contribution in [0, 0.1) is 6.92 Å². The summed E-state index contributed by atoms with van der Waals surface area (Å²) in [5.74, 6) is -0.393. The maximum atomic E-state index is 13.4. The minimum Gasteiger partial charge on any atom is -0.496 e. The Morgan fingerprint density at radius 3 is 2.51 bits per heavy atom. The molecule has 0 aliphatic rings. The van der Waals surface area contributed by atoms with Crippen LogP contribution in [0.3, 0.4) is 0 Å². The molecule has 10 heteroatoms. The normalized spacial score (nSPS) is 11.2. The zero-order chi connectivity index (χ0) is 30.2. The average Bonchev–Trinajstić information content (AvgIpc) is 3.41. The number of anilines is 2. The standard InChI is InChI=1S/C33H28N4O4S2/c1-21-15-16-26-29(17-21)43-33(36-26)37-30(38)20-42-25-13-8-12-24(19-25)34-32(40)27(18-23-11-6-7-14-28(23)41-2)35-31(39)22-9-4-3-5-10-22/h3-19H,20H2,1-2H3,(H,34,40)(H,35,39)(H,36,37,38)/b27-18+.